The van der Waals surface area contributed by atoms with Crippen LogP contribution in [0.3, 0.4) is 0 Å². The maximum absolute atomic E-state index is 11.7. The average molecular weight is 302 g/mol. The summed E-state index contributed by atoms with van der Waals surface area (Å²) in [5.41, 5.74) is -0.499. The zero-order valence-electron chi connectivity index (χ0n) is 10.2. The van der Waals surface area contributed by atoms with Crippen LogP contribution in [0.1, 0.15) is 39.7 Å². The van der Waals surface area contributed by atoms with Crippen LogP contribution >= 0.6 is 15.9 Å². The first-order valence-electron chi connectivity index (χ1n) is 5.60. The van der Waals surface area contributed by atoms with E-state index in [0.717, 1.165) is 17.3 Å². The topological polar surface area (TPSA) is 56.1 Å². The minimum atomic E-state index is -0.499. The molecule has 1 aliphatic carbocycles. The predicted molar refractivity (Wildman–Crippen MR) is 68.1 cm³/mol. The van der Waals surface area contributed by atoms with Gasteiger partial charge in [-0.1, -0.05) is 0 Å². The molecule has 1 saturated carbocycles. The molecule has 0 saturated heterocycles. The molecule has 0 atom stereocenters. The van der Waals surface area contributed by atoms with Crippen molar-refractivity contribution in [1.82, 2.24) is 9.78 Å². The van der Waals surface area contributed by atoms with Crippen molar-refractivity contribution in [2.75, 3.05) is 5.32 Å². The van der Waals surface area contributed by atoms with Gasteiger partial charge >= 0.3 is 6.09 Å². The number of rotatable bonds is 2. The molecule has 1 N–H and O–H groups in total. The van der Waals surface area contributed by atoms with E-state index >= 15 is 0 Å². The Labute approximate surface area is 109 Å². The molecule has 0 spiro atoms. The predicted octanol–water partition coefficient (Wildman–Crippen LogP) is 3.33. The number of ether oxygens (including phenoxy) is 1. The van der Waals surface area contributed by atoms with Crippen LogP contribution in [0.15, 0.2) is 10.7 Å². The largest absolute Gasteiger partial charge is 0.444 e. The van der Waals surface area contributed by atoms with Crippen LogP contribution in [0, 0.1) is 0 Å². The number of amides is 1. The molecule has 1 heterocycles. The molecule has 17 heavy (non-hydrogen) atoms. The molecule has 1 aliphatic rings. The van der Waals surface area contributed by atoms with E-state index < -0.39 is 11.7 Å². The lowest BCUT2D eigenvalue weighted by molar-refractivity contribution is 0.0634. The molecule has 5 nitrogen and oxygen atoms in total. The smallest absolute Gasteiger partial charge is 0.413 e. The van der Waals surface area contributed by atoms with E-state index in [0.29, 0.717) is 11.9 Å². The molecule has 1 fully saturated rings. The highest BCUT2D eigenvalue weighted by molar-refractivity contribution is 9.10. The number of carbonyl (C=O) groups excluding carboxylic acids is 1. The van der Waals surface area contributed by atoms with Crippen LogP contribution in [0.25, 0.3) is 0 Å². The van der Waals surface area contributed by atoms with Gasteiger partial charge in [-0.2, -0.15) is 5.10 Å². The van der Waals surface area contributed by atoms with Gasteiger partial charge in [0.25, 0.3) is 0 Å². The Kier molecular flexibility index (Phi) is 3.16. The average Bonchev–Trinajstić information content (AvgIpc) is 2.92. The second kappa shape index (κ2) is 4.33. The van der Waals surface area contributed by atoms with E-state index in [1.807, 2.05) is 25.5 Å². The third-order valence-electron chi connectivity index (χ3n) is 2.26. The molecule has 1 aromatic heterocycles. The van der Waals surface area contributed by atoms with Gasteiger partial charge in [-0.3, -0.25) is 5.32 Å². The Morgan fingerprint density at radius 3 is 2.76 bits per heavy atom. The van der Waals surface area contributed by atoms with Crippen LogP contribution in [0.4, 0.5) is 10.6 Å². The lowest BCUT2D eigenvalue weighted by Gasteiger charge is -2.20. The summed E-state index contributed by atoms with van der Waals surface area (Å²) in [6.45, 7) is 5.50. The molecule has 2 rings (SSSR count). The molecule has 1 aromatic rings. The quantitative estimate of drug-likeness (QED) is 0.911. The lowest BCUT2D eigenvalue weighted by Crippen LogP contribution is -2.28. The molecular formula is C11H16BrN3O2. The number of nitrogens with one attached hydrogen (secondary N) is 1. The molecule has 94 valence electrons. The summed E-state index contributed by atoms with van der Waals surface area (Å²) in [6.07, 6.45) is 3.44. The highest BCUT2D eigenvalue weighted by atomic mass is 79.9. The van der Waals surface area contributed by atoms with Gasteiger partial charge in [0.1, 0.15) is 11.4 Å². The SMILES string of the molecule is CC(C)(C)OC(=O)Nc1c(Br)cnn1C1CC1. The van der Waals surface area contributed by atoms with Gasteiger partial charge < -0.3 is 4.74 Å². The Morgan fingerprint density at radius 2 is 2.24 bits per heavy atom. The van der Waals surface area contributed by atoms with Gasteiger partial charge in [0.2, 0.25) is 0 Å². The highest BCUT2D eigenvalue weighted by Gasteiger charge is 2.29. The fourth-order valence-corrected chi connectivity index (χ4v) is 1.83. The van der Waals surface area contributed by atoms with Gasteiger partial charge in [-0.05, 0) is 49.5 Å². The molecule has 0 bridgehead atoms. The van der Waals surface area contributed by atoms with Crippen molar-refractivity contribution in [2.45, 2.75) is 45.3 Å². The Morgan fingerprint density at radius 1 is 1.59 bits per heavy atom. The van der Waals surface area contributed by atoms with Gasteiger partial charge in [-0.15, -0.1) is 0 Å². The number of nitrogens with zero attached hydrogens (tertiary/aromatic N) is 2. The van der Waals surface area contributed by atoms with Crippen LogP contribution in [-0.2, 0) is 4.74 Å². The Hall–Kier alpha value is -1.04. The summed E-state index contributed by atoms with van der Waals surface area (Å²) >= 11 is 3.37. The van der Waals surface area contributed by atoms with E-state index in [1.54, 1.807) is 6.20 Å². The summed E-state index contributed by atoms with van der Waals surface area (Å²) in [7, 11) is 0. The molecule has 6 heteroatoms. The third kappa shape index (κ3) is 3.21. The maximum atomic E-state index is 11.7. The monoisotopic (exact) mass is 301 g/mol. The van der Waals surface area contributed by atoms with Crippen molar-refractivity contribution in [3.8, 4) is 0 Å². The van der Waals surface area contributed by atoms with Crippen molar-refractivity contribution in [3.05, 3.63) is 10.7 Å². The van der Waals surface area contributed by atoms with Crippen molar-refractivity contribution < 1.29 is 9.53 Å². The summed E-state index contributed by atoms with van der Waals surface area (Å²) in [5, 5.41) is 6.96. The number of hydrogen-bond donors (Lipinski definition) is 1. The number of aromatic nitrogens is 2. The van der Waals surface area contributed by atoms with Crippen LogP contribution in [-0.4, -0.2) is 21.5 Å². The number of anilines is 1. The highest BCUT2D eigenvalue weighted by Crippen LogP contribution is 2.38. The van der Waals surface area contributed by atoms with E-state index in [4.69, 9.17) is 4.74 Å². The van der Waals surface area contributed by atoms with Crippen molar-refractivity contribution in [2.24, 2.45) is 0 Å². The minimum absolute atomic E-state index is 0.409. The molecule has 0 unspecified atom stereocenters. The number of carbonyl (C=O) groups is 1. The van der Waals surface area contributed by atoms with Gasteiger partial charge in [-0.25, -0.2) is 9.48 Å². The van der Waals surface area contributed by atoms with Gasteiger partial charge in [0.15, 0.2) is 0 Å². The lowest BCUT2D eigenvalue weighted by atomic mass is 10.2. The van der Waals surface area contributed by atoms with E-state index in [-0.39, 0.29) is 0 Å². The first-order valence-corrected chi connectivity index (χ1v) is 6.39. The van der Waals surface area contributed by atoms with Crippen molar-refractivity contribution >= 4 is 27.8 Å². The number of hydrogen-bond acceptors (Lipinski definition) is 3. The summed E-state index contributed by atoms with van der Waals surface area (Å²) in [5.74, 6) is 0.668. The zero-order chi connectivity index (χ0) is 12.6. The summed E-state index contributed by atoms with van der Waals surface area (Å²) in [4.78, 5) is 11.7. The normalized spacial score (nSPS) is 15.8. The third-order valence-corrected chi connectivity index (χ3v) is 2.84. The molecule has 1 amide bonds. The van der Waals surface area contributed by atoms with Gasteiger partial charge in [0.05, 0.1) is 16.7 Å². The van der Waals surface area contributed by atoms with Crippen molar-refractivity contribution in [3.63, 3.8) is 0 Å². The molecule has 0 aliphatic heterocycles. The molecule has 0 radical (unpaired) electrons. The fourth-order valence-electron chi connectivity index (χ4n) is 1.45. The van der Waals surface area contributed by atoms with E-state index in [1.165, 1.54) is 0 Å². The summed E-state index contributed by atoms with van der Waals surface area (Å²) < 4.78 is 7.81. The first kappa shape index (κ1) is 12.4. The van der Waals surface area contributed by atoms with Crippen LogP contribution in [0.2, 0.25) is 0 Å². The second-order valence-corrected chi connectivity index (χ2v) is 6.00. The van der Waals surface area contributed by atoms with Crippen LogP contribution < -0.4 is 5.32 Å². The Bertz CT molecular complexity index is 432. The van der Waals surface area contributed by atoms with E-state index in [2.05, 4.69) is 26.3 Å². The number of halogens is 1. The second-order valence-electron chi connectivity index (χ2n) is 5.14. The summed E-state index contributed by atoms with van der Waals surface area (Å²) in [6, 6.07) is 0.409. The Balaban J connectivity index is 2.07. The maximum Gasteiger partial charge on any atom is 0.413 e. The van der Waals surface area contributed by atoms with Crippen LogP contribution in [0.5, 0.6) is 0 Å². The zero-order valence-corrected chi connectivity index (χ0v) is 11.7. The van der Waals surface area contributed by atoms with E-state index in [9.17, 15) is 4.79 Å². The van der Waals surface area contributed by atoms with Gasteiger partial charge in [0, 0.05) is 0 Å². The van der Waals surface area contributed by atoms with Crippen molar-refractivity contribution in [1.29, 1.82) is 0 Å². The minimum Gasteiger partial charge on any atom is -0.444 e. The molecule has 0 aromatic carbocycles. The standard InChI is InChI=1S/C11H16BrN3O2/c1-11(2,3)17-10(16)14-9-8(12)6-13-15(9)7-4-5-7/h6-7H,4-5H2,1-3H3,(H,14,16). The fraction of sp³-hybridized carbons (Fsp3) is 0.636. The first-order chi connectivity index (χ1) is 7.87. The molecular weight excluding hydrogens is 286 g/mol.